The Balaban J connectivity index is 1.63. The van der Waals surface area contributed by atoms with Crippen LogP contribution < -0.4 is 5.32 Å². The summed E-state index contributed by atoms with van der Waals surface area (Å²) in [5.41, 5.74) is 1.32. The number of likely N-dealkylation sites (tertiary alicyclic amines) is 1. The van der Waals surface area contributed by atoms with Gasteiger partial charge in [0.15, 0.2) is 0 Å². The monoisotopic (exact) mass is 340 g/mol. The molecule has 1 heterocycles. The normalized spacial score (nSPS) is 19.1. The molecular formula is C16H25BrN2O. The van der Waals surface area contributed by atoms with Crippen LogP contribution in [-0.4, -0.2) is 42.3 Å². The number of piperidine rings is 1. The van der Waals surface area contributed by atoms with Gasteiger partial charge < -0.3 is 15.3 Å². The molecular weight excluding hydrogens is 316 g/mol. The minimum Gasteiger partial charge on any atom is -0.393 e. The molecule has 2 N–H and O–H groups in total. The molecule has 0 aromatic heterocycles. The van der Waals surface area contributed by atoms with Crippen molar-refractivity contribution >= 4 is 15.9 Å². The summed E-state index contributed by atoms with van der Waals surface area (Å²) in [6.07, 6.45) is 2.96. The third-order valence-corrected chi connectivity index (χ3v) is 4.50. The van der Waals surface area contributed by atoms with Crippen molar-refractivity contribution in [2.45, 2.75) is 38.3 Å². The maximum atomic E-state index is 9.48. The van der Waals surface area contributed by atoms with Gasteiger partial charge in [-0.3, -0.25) is 0 Å². The Hall–Kier alpha value is -0.420. The van der Waals surface area contributed by atoms with Crippen molar-refractivity contribution in [1.29, 1.82) is 0 Å². The standard InChI is InChI=1S/C16H25BrN2O/c1-13(14-4-2-5-15(17)12-14)18-8-3-9-19-10-6-16(20)7-11-19/h2,4-5,12-13,16,18,20H,3,6-11H2,1H3. The third kappa shape index (κ3) is 5.17. The smallest absolute Gasteiger partial charge is 0.0564 e. The van der Waals surface area contributed by atoms with E-state index in [1.54, 1.807) is 0 Å². The fourth-order valence-electron chi connectivity index (χ4n) is 2.66. The molecule has 1 aliphatic rings. The van der Waals surface area contributed by atoms with Gasteiger partial charge in [-0.15, -0.1) is 0 Å². The van der Waals surface area contributed by atoms with Gasteiger partial charge in [0, 0.05) is 23.6 Å². The maximum absolute atomic E-state index is 9.48. The van der Waals surface area contributed by atoms with Crippen LogP contribution in [0, 0.1) is 0 Å². The van der Waals surface area contributed by atoms with Crippen molar-refractivity contribution in [3.63, 3.8) is 0 Å². The van der Waals surface area contributed by atoms with Crippen LogP contribution in [0.4, 0.5) is 0 Å². The first-order chi connectivity index (χ1) is 9.65. The first-order valence-electron chi connectivity index (χ1n) is 7.54. The van der Waals surface area contributed by atoms with E-state index in [1.165, 1.54) is 5.56 Å². The molecule has 1 aliphatic heterocycles. The summed E-state index contributed by atoms with van der Waals surface area (Å²) < 4.78 is 1.13. The van der Waals surface area contributed by atoms with Gasteiger partial charge in [-0.1, -0.05) is 28.1 Å². The number of nitrogens with zero attached hydrogens (tertiary/aromatic N) is 1. The summed E-state index contributed by atoms with van der Waals surface area (Å²) in [6, 6.07) is 8.85. The molecule has 0 spiro atoms. The summed E-state index contributed by atoms with van der Waals surface area (Å²) in [5.74, 6) is 0. The van der Waals surface area contributed by atoms with E-state index in [0.717, 1.165) is 49.9 Å². The second-order valence-corrected chi connectivity index (χ2v) is 6.57. The summed E-state index contributed by atoms with van der Waals surface area (Å²) in [5, 5.41) is 13.1. The molecule has 1 saturated heterocycles. The van der Waals surface area contributed by atoms with Crippen LogP contribution in [0.1, 0.15) is 37.8 Å². The highest BCUT2D eigenvalue weighted by Crippen LogP contribution is 2.17. The SMILES string of the molecule is CC(NCCCN1CCC(O)CC1)c1cccc(Br)c1. The Labute approximate surface area is 130 Å². The summed E-state index contributed by atoms with van der Waals surface area (Å²) >= 11 is 3.51. The fraction of sp³-hybridized carbons (Fsp3) is 0.625. The number of hydrogen-bond donors (Lipinski definition) is 2. The van der Waals surface area contributed by atoms with Crippen LogP contribution in [0.25, 0.3) is 0 Å². The predicted molar refractivity (Wildman–Crippen MR) is 86.9 cm³/mol. The molecule has 112 valence electrons. The van der Waals surface area contributed by atoms with Gasteiger partial charge >= 0.3 is 0 Å². The van der Waals surface area contributed by atoms with Crippen molar-refractivity contribution in [2.75, 3.05) is 26.2 Å². The number of halogens is 1. The number of nitrogens with one attached hydrogen (secondary N) is 1. The van der Waals surface area contributed by atoms with Gasteiger partial charge in [-0.05, 0) is 57.0 Å². The molecule has 20 heavy (non-hydrogen) atoms. The fourth-order valence-corrected chi connectivity index (χ4v) is 3.07. The van der Waals surface area contributed by atoms with E-state index in [1.807, 2.05) is 0 Å². The lowest BCUT2D eigenvalue weighted by Crippen LogP contribution is -2.37. The summed E-state index contributed by atoms with van der Waals surface area (Å²) in [7, 11) is 0. The average Bonchev–Trinajstić information content (AvgIpc) is 2.45. The topological polar surface area (TPSA) is 35.5 Å². The number of benzene rings is 1. The highest BCUT2D eigenvalue weighted by molar-refractivity contribution is 9.10. The molecule has 0 amide bonds. The van der Waals surface area contributed by atoms with E-state index in [2.05, 4.69) is 57.3 Å². The van der Waals surface area contributed by atoms with E-state index in [4.69, 9.17) is 0 Å². The molecule has 1 atom stereocenters. The van der Waals surface area contributed by atoms with E-state index < -0.39 is 0 Å². The zero-order valence-electron chi connectivity index (χ0n) is 12.2. The molecule has 4 heteroatoms. The van der Waals surface area contributed by atoms with Gasteiger partial charge in [0.1, 0.15) is 0 Å². The van der Waals surface area contributed by atoms with Crippen molar-refractivity contribution in [2.24, 2.45) is 0 Å². The molecule has 1 fully saturated rings. The largest absolute Gasteiger partial charge is 0.393 e. The zero-order valence-corrected chi connectivity index (χ0v) is 13.8. The Kier molecular flexibility index (Phi) is 6.49. The summed E-state index contributed by atoms with van der Waals surface area (Å²) in [6.45, 7) is 6.46. The van der Waals surface area contributed by atoms with Crippen molar-refractivity contribution < 1.29 is 5.11 Å². The highest BCUT2D eigenvalue weighted by Gasteiger charge is 2.16. The Bertz CT molecular complexity index is 405. The second kappa shape index (κ2) is 8.13. The van der Waals surface area contributed by atoms with Crippen molar-refractivity contribution in [3.8, 4) is 0 Å². The van der Waals surface area contributed by atoms with Crippen molar-refractivity contribution in [3.05, 3.63) is 34.3 Å². The van der Waals surface area contributed by atoms with Crippen molar-refractivity contribution in [1.82, 2.24) is 10.2 Å². The molecule has 0 saturated carbocycles. The Morgan fingerprint density at radius 1 is 1.40 bits per heavy atom. The van der Waals surface area contributed by atoms with Gasteiger partial charge in [-0.2, -0.15) is 0 Å². The van der Waals surface area contributed by atoms with E-state index >= 15 is 0 Å². The summed E-state index contributed by atoms with van der Waals surface area (Å²) in [4.78, 5) is 2.46. The second-order valence-electron chi connectivity index (χ2n) is 5.66. The first-order valence-corrected chi connectivity index (χ1v) is 8.33. The van der Waals surface area contributed by atoms with Crippen LogP contribution >= 0.6 is 15.9 Å². The molecule has 3 nitrogen and oxygen atoms in total. The first kappa shape index (κ1) is 16.0. The molecule has 2 rings (SSSR count). The van der Waals surface area contributed by atoms with Gasteiger partial charge in [0.05, 0.1) is 6.10 Å². The van der Waals surface area contributed by atoms with Crippen LogP contribution in [0.3, 0.4) is 0 Å². The highest BCUT2D eigenvalue weighted by atomic mass is 79.9. The van der Waals surface area contributed by atoms with Gasteiger partial charge in [0.25, 0.3) is 0 Å². The number of hydrogen-bond acceptors (Lipinski definition) is 3. The zero-order chi connectivity index (χ0) is 14.4. The molecule has 0 aliphatic carbocycles. The number of rotatable bonds is 6. The Morgan fingerprint density at radius 2 is 2.15 bits per heavy atom. The number of aliphatic hydroxyl groups is 1. The maximum Gasteiger partial charge on any atom is 0.0564 e. The third-order valence-electron chi connectivity index (χ3n) is 4.01. The minimum absolute atomic E-state index is 0.0686. The molecule has 0 radical (unpaired) electrons. The lowest BCUT2D eigenvalue weighted by molar-refractivity contribution is 0.0820. The van der Waals surface area contributed by atoms with E-state index in [0.29, 0.717) is 6.04 Å². The predicted octanol–water partition coefficient (Wildman–Crippen LogP) is 2.95. The molecule has 0 bridgehead atoms. The lowest BCUT2D eigenvalue weighted by atomic mass is 10.1. The van der Waals surface area contributed by atoms with E-state index in [-0.39, 0.29) is 6.10 Å². The minimum atomic E-state index is -0.0686. The van der Waals surface area contributed by atoms with Crippen LogP contribution in [0.2, 0.25) is 0 Å². The average molecular weight is 341 g/mol. The van der Waals surface area contributed by atoms with Crippen LogP contribution in [-0.2, 0) is 0 Å². The van der Waals surface area contributed by atoms with Crippen LogP contribution in [0.5, 0.6) is 0 Å². The van der Waals surface area contributed by atoms with Gasteiger partial charge in [0.2, 0.25) is 0 Å². The number of aliphatic hydroxyl groups excluding tert-OH is 1. The molecule has 1 unspecified atom stereocenters. The quantitative estimate of drug-likeness (QED) is 0.781. The Morgan fingerprint density at radius 3 is 2.85 bits per heavy atom. The lowest BCUT2D eigenvalue weighted by Gasteiger charge is -2.29. The van der Waals surface area contributed by atoms with E-state index in [9.17, 15) is 5.11 Å². The van der Waals surface area contributed by atoms with Gasteiger partial charge in [-0.25, -0.2) is 0 Å². The molecule has 1 aromatic carbocycles. The van der Waals surface area contributed by atoms with Crippen LogP contribution in [0.15, 0.2) is 28.7 Å². The molecule has 1 aromatic rings.